The molecular weight excluding hydrogens is 422 g/mol. The van der Waals surface area contributed by atoms with Crippen LogP contribution in [0.3, 0.4) is 0 Å². The van der Waals surface area contributed by atoms with Crippen LogP contribution in [0, 0.1) is 11.3 Å². The Morgan fingerprint density at radius 3 is 2.33 bits per heavy atom. The average Bonchev–Trinajstić information content (AvgIpc) is 3.21. The van der Waals surface area contributed by atoms with Crippen LogP contribution < -0.4 is 4.31 Å². The van der Waals surface area contributed by atoms with Gasteiger partial charge in [-0.05, 0) is 35.7 Å². The molecule has 3 aromatic rings. The van der Waals surface area contributed by atoms with E-state index >= 15 is 0 Å². The first-order chi connectivity index (χ1) is 14.2. The van der Waals surface area contributed by atoms with Crippen molar-refractivity contribution in [2.24, 2.45) is 0 Å². The number of nitriles is 1. The second-order valence-electron chi connectivity index (χ2n) is 6.83. The molecule has 3 rings (SSSR count). The van der Waals surface area contributed by atoms with Crippen molar-refractivity contribution >= 4 is 32.5 Å². The van der Waals surface area contributed by atoms with Gasteiger partial charge in [-0.15, -0.1) is 11.3 Å². The van der Waals surface area contributed by atoms with E-state index in [0.717, 1.165) is 21.2 Å². The van der Waals surface area contributed by atoms with Gasteiger partial charge >= 0.3 is 5.97 Å². The summed E-state index contributed by atoms with van der Waals surface area (Å²) in [7, 11) is -4.17. The first-order valence-electron chi connectivity index (χ1n) is 9.03. The van der Waals surface area contributed by atoms with E-state index in [0.29, 0.717) is 17.2 Å². The standard InChI is InChI=1S/C21H19N3O4S2/c1-14(2)16-5-7-17(8-6-16)19-13-29-21(23-19)24(12-20(25)26)30(27,28)18-9-3-15(11-22)4-10-18/h3-10,13-14H,12H2,1-2H3,(H,25,26). The molecule has 7 nitrogen and oxygen atoms in total. The minimum atomic E-state index is -4.17. The zero-order chi connectivity index (χ0) is 21.9. The van der Waals surface area contributed by atoms with Gasteiger partial charge in [0.15, 0.2) is 0 Å². The van der Waals surface area contributed by atoms with E-state index in [-0.39, 0.29) is 10.0 Å². The van der Waals surface area contributed by atoms with Crippen LogP contribution in [0.5, 0.6) is 0 Å². The molecule has 0 aliphatic heterocycles. The van der Waals surface area contributed by atoms with Crippen molar-refractivity contribution < 1.29 is 18.3 Å². The molecule has 0 amide bonds. The molecule has 0 aliphatic rings. The van der Waals surface area contributed by atoms with E-state index < -0.39 is 22.5 Å². The molecule has 0 fully saturated rings. The van der Waals surface area contributed by atoms with Crippen LogP contribution in [-0.4, -0.2) is 31.0 Å². The van der Waals surface area contributed by atoms with Crippen LogP contribution in [0.15, 0.2) is 58.8 Å². The van der Waals surface area contributed by atoms with Crippen molar-refractivity contribution in [3.05, 3.63) is 65.0 Å². The van der Waals surface area contributed by atoms with Crippen LogP contribution in [0.1, 0.15) is 30.9 Å². The minimum absolute atomic E-state index is 0.0599. The lowest BCUT2D eigenvalue weighted by Crippen LogP contribution is -2.35. The molecule has 9 heteroatoms. The highest BCUT2D eigenvalue weighted by molar-refractivity contribution is 7.93. The van der Waals surface area contributed by atoms with E-state index in [9.17, 15) is 18.3 Å². The summed E-state index contributed by atoms with van der Waals surface area (Å²) in [6, 6.07) is 15.0. The van der Waals surface area contributed by atoms with E-state index in [1.165, 1.54) is 29.8 Å². The SMILES string of the molecule is CC(C)c1ccc(-c2csc(N(CC(=O)O)S(=O)(=O)c3ccc(C#N)cc3)n2)cc1. The number of carboxylic acids is 1. The molecule has 30 heavy (non-hydrogen) atoms. The molecule has 0 saturated carbocycles. The smallest absolute Gasteiger partial charge is 0.324 e. The van der Waals surface area contributed by atoms with Gasteiger partial charge in [-0.1, -0.05) is 38.1 Å². The summed E-state index contributed by atoms with van der Waals surface area (Å²) >= 11 is 1.05. The number of benzene rings is 2. The lowest BCUT2D eigenvalue weighted by Gasteiger charge is -2.19. The molecule has 0 spiro atoms. The normalized spacial score (nSPS) is 11.3. The van der Waals surface area contributed by atoms with Gasteiger partial charge in [-0.3, -0.25) is 4.79 Å². The van der Waals surface area contributed by atoms with Crippen molar-refractivity contribution in [3.63, 3.8) is 0 Å². The molecular formula is C21H19N3O4S2. The predicted molar refractivity (Wildman–Crippen MR) is 115 cm³/mol. The second kappa shape index (κ2) is 8.65. The number of anilines is 1. The number of aromatic nitrogens is 1. The monoisotopic (exact) mass is 441 g/mol. The molecule has 0 atom stereocenters. The fraction of sp³-hybridized carbons (Fsp3) is 0.190. The first kappa shape index (κ1) is 21.5. The molecule has 0 bridgehead atoms. The molecule has 0 aliphatic carbocycles. The van der Waals surface area contributed by atoms with Crippen LogP contribution in [-0.2, 0) is 14.8 Å². The predicted octanol–water partition coefficient (Wildman–Crippen LogP) is 4.09. The third-order valence-corrected chi connectivity index (χ3v) is 7.16. The van der Waals surface area contributed by atoms with Gasteiger partial charge in [0.2, 0.25) is 5.13 Å². The number of thiazole rings is 1. The molecule has 1 heterocycles. The average molecular weight is 442 g/mol. The maximum Gasteiger partial charge on any atom is 0.324 e. The molecule has 0 radical (unpaired) electrons. The highest BCUT2D eigenvalue weighted by Crippen LogP contribution is 2.31. The Labute approximate surface area is 178 Å². The molecule has 0 saturated heterocycles. The van der Waals surface area contributed by atoms with Crippen LogP contribution in [0.4, 0.5) is 5.13 Å². The van der Waals surface area contributed by atoms with E-state index in [2.05, 4.69) is 18.8 Å². The van der Waals surface area contributed by atoms with Crippen LogP contribution in [0.2, 0.25) is 0 Å². The summed E-state index contributed by atoms with van der Waals surface area (Å²) in [6.07, 6.45) is 0. The molecule has 154 valence electrons. The fourth-order valence-electron chi connectivity index (χ4n) is 2.76. The minimum Gasteiger partial charge on any atom is -0.480 e. The first-order valence-corrected chi connectivity index (χ1v) is 11.3. The molecule has 1 N–H and O–H groups in total. The maximum absolute atomic E-state index is 13.1. The number of hydrogen-bond donors (Lipinski definition) is 1. The third kappa shape index (κ3) is 4.50. The van der Waals surface area contributed by atoms with Crippen molar-refractivity contribution in [2.75, 3.05) is 10.8 Å². The fourth-order valence-corrected chi connectivity index (χ4v) is 5.18. The van der Waals surface area contributed by atoms with Crippen molar-refractivity contribution in [3.8, 4) is 17.3 Å². The Balaban J connectivity index is 1.98. The second-order valence-corrected chi connectivity index (χ2v) is 9.53. The van der Waals surface area contributed by atoms with Gasteiger partial charge in [0.1, 0.15) is 6.54 Å². The number of rotatable bonds is 7. The quantitative estimate of drug-likeness (QED) is 0.591. The summed E-state index contributed by atoms with van der Waals surface area (Å²) in [5, 5.41) is 19.9. The maximum atomic E-state index is 13.1. The number of nitrogens with zero attached hydrogens (tertiary/aromatic N) is 3. The Kier molecular flexibility index (Phi) is 6.20. The highest BCUT2D eigenvalue weighted by Gasteiger charge is 2.29. The highest BCUT2D eigenvalue weighted by atomic mass is 32.2. The Hall–Kier alpha value is -3.22. The summed E-state index contributed by atoms with van der Waals surface area (Å²) in [4.78, 5) is 15.6. The van der Waals surface area contributed by atoms with Gasteiger partial charge in [0.25, 0.3) is 10.0 Å². The summed E-state index contributed by atoms with van der Waals surface area (Å²) < 4.78 is 26.9. The Morgan fingerprint density at radius 2 is 1.80 bits per heavy atom. The van der Waals surface area contributed by atoms with Gasteiger partial charge in [0.05, 0.1) is 22.2 Å². The summed E-state index contributed by atoms with van der Waals surface area (Å²) in [6.45, 7) is 3.42. The van der Waals surface area contributed by atoms with Gasteiger partial charge < -0.3 is 5.11 Å². The van der Waals surface area contributed by atoms with Crippen LogP contribution >= 0.6 is 11.3 Å². The number of aliphatic carboxylic acids is 1. The zero-order valence-corrected chi connectivity index (χ0v) is 17.9. The number of carboxylic acid groups (broad SMARTS) is 1. The number of hydrogen-bond acceptors (Lipinski definition) is 6. The van der Waals surface area contributed by atoms with Gasteiger partial charge in [-0.2, -0.15) is 5.26 Å². The molecule has 1 aromatic heterocycles. The van der Waals surface area contributed by atoms with Gasteiger partial charge in [0, 0.05) is 10.9 Å². The lowest BCUT2D eigenvalue weighted by molar-refractivity contribution is -0.135. The summed E-state index contributed by atoms with van der Waals surface area (Å²) in [5.74, 6) is -0.918. The number of sulfonamides is 1. The topological polar surface area (TPSA) is 111 Å². The van der Waals surface area contributed by atoms with Crippen LogP contribution in [0.25, 0.3) is 11.3 Å². The van der Waals surface area contributed by atoms with E-state index in [1.54, 1.807) is 5.38 Å². The Bertz CT molecular complexity index is 1190. The molecule has 0 unspecified atom stereocenters. The van der Waals surface area contributed by atoms with Crippen molar-refractivity contribution in [1.82, 2.24) is 4.98 Å². The lowest BCUT2D eigenvalue weighted by atomic mass is 10.0. The third-order valence-electron chi connectivity index (χ3n) is 4.43. The summed E-state index contributed by atoms with van der Waals surface area (Å²) in [5.41, 5.74) is 2.86. The van der Waals surface area contributed by atoms with Crippen molar-refractivity contribution in [2.45, 2.75) is 24.7 Å². The van der Waals surface area contributed by atoms with E-state index in [1.807, 2.05) is 30.3 Å². The van der Waals surface area contributed by atoms with Gasteiger partial charge in [-0.25, -0.2) is 17.7 Å². The van der Waals surface area contributed by atoms with Crippen molar-refractivity contribution in [1.29, 1.82) is 5.26 Å². The Morgan fingerprint density at radius 1 is 1.17 bits per heavy atom. The zero-order valence-electron chi connectivity index (χ0n) is 16.3. The number of carbonyl (C=O) groups is 1. The molecule has 2 aromatic carbocycles. The van der Waals surface area contributed by atoms with E-state index in [4.69, 9.17) is 5.26 Å². The largest absolute Gasteiger partial charge is 0.480 e.